The Kier molecular flexibility index (Phi) is 2.82. The molecule has 0 fully saturated rings. The number of carbonyl (C=O) groups is 1. The molecule has 54 valence electrons. The van der Waals surface area contributed by atoms with Gasteiger partial charge < -0.3 is 0 Å². The van der Waals surface area contributed by atoms with E-state index in [1.54, 1.807) is 0 Å². The van der Waals surface area contributed by atoms with Crippen molar-refractivity contribution < 1.29 is 18.0 Å². The van der Waals surface area contributed by atoms with Gasteiger partial charge in [0, 0.05) is 0 Å². The van der Waals surface area contributed by atoms with Gasteiger partial charge in [-0.15, -0.1) is 0 Å². The number of halogens is 4. The first-order valence-electron chi connectivity index (χ1n) is 1.80. The van der Waals surface area contributed by atoms with Gasteiger partial charge in [0.25, 0.3) is 0 Å². The monoisotopic (exact) mass is 178 g/mol. The summed E-state index contributed by atoms with van der Waals surface area (Å²) in [6.45, 7) is 0. The van der Waals surface area contributed by atoms with Crippen LogP contribution < -0.4 is 0 Å². The van der Waals surface area contributed by atoms with Gasteiger partial charge in [-0.05, 0) is 11.6 Å². The topological polar surface area (TPSA) is 17.1 Å². The molecule has 1 unspecified atom stereocenters. The van der Waals surface area contributed by atoms with Crippen LogP contribution in [0.25, 0.3) is 0 Å². The van der Waals surface area contributed by atoms with Crippen molar-refractivity contribution in [2.45, 2.75) is 11.4 Å². The van der Waals surface area contributed by atoms with Crippen molar-refractivity contribution >= 4 is 29.5 Å². The van der Waals surface area contributed by atoms with Crippen molar-refractivity contribution in [1.29, 1.82) is 0 Å². The quantitative estimate of drug-likeness (QED) is 0.477. The van der Waals surface area contributed by atoms with Crippen LogP contribution in [0.4, 0.5) is 13.2 Å². The molecule has 9 heavy (non-hydrogen) atoms. The van der Waals surface area contributed by atoms with E-state index in [0.29, 0.717) is 0 Å². The minimum atomic E-state index is -4.64. The molecule has 0 aromatic heterocycles. The molecule has 0 aromatic carbocycles. The standard InChI is InChI=1S/C3H2ClF3OS/c4-2(8)1(9)3(5,6)7/h1,9H. The van der Waals surface area contributed by atoms with E-state index < -0.39 is 16.7 Å². The number of hydrogen-bond acceptors (Lipinski definition) is 2. The summed E-state index contributed by atoms with van der Waals surface area (Å²) in [7, 11) is 0. The molecular formula is C3H2ClF3OS. The first kappa shape index (κ1) is 9.10. The van der Waals surface area contributed by atoms with Crippen LogP contribution in [-0.4, -0.2) is 16.7 Å². The maximum Gasteiger partial charge on any atom is 0.408 e. The zero-order valence-corrected chi connectivity index (χ0v) is 5.60. The van der Waals surface area contributed by atoms with Crippen molar-refractivity contribution in [2.24, 2.45) is 0 Å². The van der Waals surface area contributed by atoms with Crippen LogP contribution in [0.3, 0.4) is 0 Å². The highest BCUT2D eigenvalue weighted by molar-refractivity contribution is 7.82. The molecule has 0 N–H and O–H groups in total. The van der Waals surface area contributed by atoms with Crippen LogP contribution in [0.5, 0.6) is 0 Å². The molecule has 0 rings (SSSR count). The SMILES string of the molecule is O=C(Cl)C(S)C(F)(F)F. The lowest BCUT2D eigenvalue weighted by molar-refractivity contribution is -0.142. The highest BCUT2D eigenvalue weighted by Gasteiger charge is 2.41. The van der Waals surface area contributed by atoms with E-state index >= 15 is 0 Å². The van der Waals surface area contributed by atoms with Crippen LogP contribution in [-0.2, 0) is 4.79 Å². The molecule has 1 nitrogen and oxygen atoms in total. The van der Waals surface area contributed by atoms with Crippen LogP contribution in [0, 0.1) is 0 Å². The fraction of sp³-hybridized carbons (Fsp3) is 0.667. The Balaban J connectivity index is 4.04. The number of alkyl halides is 3. The van der Waals surface area contributed by atoms with Crippen molar-refractivity contribution in [1.82, 2.24) is 0 Å². The maximum atomic E-state index is 11.3. The van der Waals surface area contributed by atoms with E-state index in [1.165, 1.54) is 0 Å². The molecule has 0 spiro atoms. The van der Waals surface area contributed by atoms with Gasteiger partial charge in [-0.3, -0.25) is 4.79 Å². The third-order valence-electron chi connectivity index (χ3n) is 0.525. The molecule has 0 aromatic rings. The third kappa shape index (κ3) is 2.95. The summed E-state index contributed by atoms with van der Waals surface area (Å²) in [5, 5.41) is -3.87. The first-order chi connectivity index (χ1) is 3.85. The van der Waals surface area contributed by atoms with Crippen LogP contribution in [0.15, 0.2) is 0 Å². The average molecular weight is 179 g/mol. The second-order valence-corrected chi connectivity index (χ2v) is 2.14. The zero-order chi connectivity index (χ0) is 7.65. The first-order valence-corrected chi connectivity index (χ1v) is 2.69. The Labute approximate surface area is 59.6 Å². The maximum absolute atomic E-state index is 11.3. The number of hydrogen-bond donors (Lipinski definition) is 1. The Hall–Kier alpha value is 0.1000. The summed E-state index contributed by atoms with van der Waals surface area (Å²) < 4.78 is 34.0. The van der Waals surface area contributed by atoms with Gasteiger partial charge in [-0.1, -0.05) is 0 Å². The highest BCUT2D eigenvalue weighted by Crippen LogP contribution is 2.25. The van der Waals surface area contributed by atoms with E-state index in [9.17, 15) is 18.0 Å². The van der Waals surface area contributed by atoms with Gasteiger partial charge in [0.1, 0.15) is 0 Å². The van der Waals surface area contributed by atoms with Crippen LogP contribution in [0.2, 0.25) is 0 Å². The van der Waals surface area contributed by atoms with Gasteiger partial charge in [0.15, 0.2) is 5.25 Å². The fourth-order valence-electron chi connectivity index (χ4n) is 0.129. The Bertz CT molecular complexity index is 123. The van der Waals surface area contributed by atoms with Crippen molar-refractivity contribution in [2.75, 3.05) is 0 Å². The molecule has 0 saturated carbocycles. The largest absolute Gasteiger partial charge is 0.408 e. The van der Waals surface area contributed by atoms with E-state index in [-0.39, 0.29) is 0 Å². The Morgan fingerprint density at radius 1 is 1.56 bits per heavy atom. The molecule has 0 saturated heterocycles. The molecule has 1 atom stereocenters. The van der Waals surface area contributed by atoms with Crippen LogP contribution in [0.1, 0.15) is 0 Å². The summed E-state index contributed by atoms with van der Waals surface area (Å²) in [6, 6.07) is 0. The van der Waals surface area contributed by atoms with E-state index in [2.05, 4.69) is 24.2 Å². The Morgan fingerprint density at radius 2 is 1.89 bits per heavy atom. The second kappa shape index (κ2) is 2.79. The summed E-state index contributed by atoms with van der Waals surface area (Å²) in [5.74, 6) is 0. The van der Waals surface area contributed by atoms with Gasteiger partial charge in [0.2, 0.25) is 5.24 Å². The fourth-order valence-corrected chi connectivity index (χ4v) is 0.252. The lowest BCUT2D eigenvalue weighted by Gasteiger charge is -2.08. The van der Waals surface area contributed by atoms with E-state index in [0.717, 1.165) is 0 Å². The molecule has 0 amide bonds. The summed E-state index contributed by atoms with van der Waals surface area (Å²) >= 11 is 7.38. The van der Waals surface area contributed by atoms with E-state index in [1.807, 2.05) is 0 Å². The molecule has 0 aliphatic rings. The van der Waals surface area contributed by atoms with Gasteiger partial charge in [-0.2, -0.15) is 25.8 Å². The molecular weight excluding hydrogens is 177 g/mol. The van der Waals surface area contributed by atoms with Crippen molar-refractivity contribution in [3.8, 4) is 0 Å². The predicted octanol–water partition coefficient (Wildman–Crippen LogP) is 1.61. The lowest BCUT2D eigenvalue weighted by Crippen LogP contribution is -2.28. The minimum Gasteiger partial charge on any atom is -0.280 e. The van der Waals surface area contributed by atoms with Crippen molar-refractivity contribution in [3.05, 3.63) is 0 Å². The molecule has 0 bridgehead atoms. The Morgan fingerprint density at radius 3 is 1.89 bits per heavy atom. The van der Waals surface area contributed by atoms with Crippen LogP contribution >= 0.6 is 24.2 Å². The highest BCUT2D eigenvalue weighted by atomic mass is 35.5. The van der Waals surface area contributed by atoms with Gasteiger partial charge in [-0.25, -0.2) is 0 Å². The molecule has 0 heterocycles. The normalized spacial score (nSPS) is 15.2. The number of carbonyl (C=O) groups excluding carboxylic acids is 1. The lowest BCUT2D eigenvalue weighted by atomic mass is 10.4. The third-order valence-corrected chi connectivity index (χ3v) is 1.42. The van der Waals surface area contributed by atoms with E-state index in [4.69, 9.17) is 0 Å². The molecule has 0 aliphatic heterocycles. The van der Waals surface area contributed by atoms with Gasteiger partial charge in [0.05, 0.1) is 0 Å². The number of thiol groups is 1. The minimum absolute atomic E-state index is 1.51. The number of rotatable bonds is 1. The van der Waals surface area contributed by atoms with Crippen molar-refractivity contribution in [3.63, 3.8) is 0 Å². The summed E-state index contributed by atoms with van der Waals surface area (Å²) in [5.41, 5.74) is 0. The zero-order valence-electron chi connectivity index (χ0n) is 3.94. The smallest absolute Gasteiger partial charge is 0.280 e. The summed E-state index contributed by atoms with van der Waals surface area (Å²) in [6.07, 6.45) is -4.64. The molecule has 6 heteroatoms. The average Bonchev–Trinajstić information content (AvgIpc) is 1.62. The molecule has 0 aliphatic carbocycles. The van der Waals surface area contributed by atoms with Gasteiger partial charge >= 0.3 is 6.18 Å². The molecule has 0 radical (unpaired) electrons. The summed E-state index contributed by atoms with van der Waals surface area (Å²) in [4.78, 5) is 9.76. The predicted molar refractivity (Wildman–Crippen MR) is 29.7 cm³/mol. The second-order valence-electron chi connectivity index (χ2n) is 1.25.